The van der Waals surface area contributed by atoms with Crippen LogP contribution in [0.3, 0.4) is 0 Å². The summed E-state index contributed by atoms with van der Waals surface area (Å²) in [5.74, 6) is -1.16. The lowest BCUT2D eigenvalue weighted by molar-refractivity contribution is 0.0683. The molecule has 12 heavy (non-hydrogen) atoms. The van der Waals surface area contributed by atoms with E-state index in [1.807, 2.05) is 0 Å². The summed E-state index contributed by atoms with van der Waals surface area (Å²) in [5.41, 5.74) is 0.658. The molecule has 1 heterocycles. The van der Waals surface area contributed by atoms with Crippen LogP contribution in [0.15, 0.2) is 6.07 Å². The van der Waals surface area contributed by atoms with E-state index in [1.54, 1.807) is 6.92 Å². The van der Waals surface area contributed by atoms with Gasteiger partial charge in [0.1, 0.15) is 0 Å². The number of ketones is 1. The van der Waals surface area contributed by atoms with E-state index in [9.17, 15) is 13.6 Å². The van der Waals surface area contributed by atoms with Crippen molar-refractivity contribution in [2.75, 3.05) is 0 Å². The van der Waals surface area contributed by atoms with Gasteiger partial charge in [-0.1, -0.05) is 11.6 Å². The second kappa shape index (κ2) is 3.49. The van der Waals surface area contributed by atoms with Gasteiger partial charge in [0.25, 0.3) is 0 Å². The molecule has 1 rings (SSSR count). The summed E-state index contributed by atoms with van der Waals surface area (Å²) in [4.78, 5) is 10.7. The van der Waals surface area contributed by atoms with Crippen LogP contribution in [0.25, 0.3) is 0 Å². The molecule has 1 aromatic heterocycles. The first-order valence-corrected chi connectivity index (χ1v) is 4.30. The SMILES string of the molecule is Cc1cc(C(=O)C(F)F)sc1Cl. The van der Waals surface area contributed by atoms with Crippen LogP contribution in [0.2, 0.25) is 4.34 Å². The van der Waals surface area contributed by atoms with E-state index in [4.69, 9.17) is 11.6 Å². The number of carbonyl (C=O) groups is 1. The Morgan fingerprint density at radius 1 is 1.67 bits per heavy atom. The van der Waals surface area contributed by atoms with Gasteiger partial charge in [0.2, 0.25) is 5.78 Å². The van der Waals surface area contributed by atoms with Crippen LogP contribution < -0.4 is 0 Å². The highest BCUT2D eigenvalue weighted by molar-refractivity contribution is 7.18. The zero-order valence-corrected chi connectivity index (χ0v) is 7.68. The largest absolute Gasteiger partial charge is 0.301 e. The van der Waals surface area contributed by atoms with E-state index < -0.39 is 12.2 Å². The minimum atomic E-state index is -2.95. The van der Waals surface area contributed by atoms with Gasteiger partial charge in [-0.25, -0.2) is 8.78 Å². The molecule has 0 aliphatic rings. The highest BCUT2D eigenvalue weighted by Gasteiger charge is 2.20. The van der Waals surface area contributed by atoms with Gasteiger partial charge in [0.05, 0.1) is 9.21 Å². The van der Waals surface area contributed by atoms with E-state index in [0.29, 0.717) is 9.90 Å². The van der Waals surface area contributed by atoms with Gasteiger partial charge in [-0.05, 0) is 18.6 Å². The Bertz CT molecular complexity index is 289. The van der Waals surface area contributed by atoms with Crippen LogP contribution in [0.1, 0.15) is 15.2 Å². The molecule has 0 aliphatic heterocycles. The minimum Gasteiger partial charge on any atom is -0.287 e. The Balaban J connectivity index is 2.97. The quantitative estimate of drug-likeness (QED) is 0.686. The Kier molecular flexibility index (Phi) is 2.80. The van der Waals surface area contributed by atoms with Crippen LogP contribution in [0, 0.1) is 6.92 Å². The highest BCUT2D eigenvalue weighted by Crippen LogP contribution is 2.28. The van der Waals surface area contributed by atoms with E-state index in [-0.39, 0.29) is 4.88 Å². The third kappa shape index (κ3) is 1.81. The summed E-state index contributed by atoms with van der Waals surface area (Å²) in [6, 6.07) is 1.38. The zero-order valence-electron chi connectivity index (χ0n) is 6.11. The van der Waals surface area contributed by atoms with Gasteiger partial charge in [-0.15, -0.1) is 11.3 Å². The van der Waals surface area contributed by atoms with Crippen molar-refractivity contribution < 1.29 is 13.6 Å². The number of halogens is 3. The van der Waals surface area contributed by atoms with Crippen molar-refractivity contribution in [3.05, 3.63) is 20.8 Å². The van der Waals surface area contributed by atoms with Crippen molar-refractivity contribution in [1.82, 2.24) is 0 Å². The van der Waals surface area contributed by atoms with Crippen LogP contribution in [0.4, 0.5) is 8.78 Å². The molecule has 0 bridgehead atoms. The molecule has 0 atom stereocenters. The van der Waals surface area contributed by atoms with E-state index >= 15 is 0 Å². The summed E-state index contributed by atoms with van der Waals surface area (Å²) in [7, 11) is 0. The lowest BCUT2D eigenvalue weighted by atomic mass is 10.3. The lowest BCUT2D eigenvalue weighted by Gasteiger charge is -1.91. The van der Waals surface area contributed by atoms with Gasteiger partial charge in [-0.2, -0.15) is 0 Å². The van der Waals surface area contributed by atoms with Gasteiger partial charge < -0.3 is 0 Å². The van der Waals surface area contributed by atoms with E-state index in [2.05, 4.69) is 0 Å². The summed E-state index contributed by atoms with van der Waals surface area (Å²) in [5, 5.41) is 0. The minimum absolute atomic E-state index is 0.0208. The predicted molar refractivity (Wildman–Crippen MR) is 44.4 cm³/mol. The van der Waals surface area contributed by atoms with Crippen molar-refractivity contribution in [2.24, 2.45) is 0 Å². The first-order chi connectivity index (χ1) is 5.52. The van der Waals surface area contributed by atoms with E-state index in [0.717, 1.165) is 11.3 Å². The molecule has 0 saturated heterocycles. The predicted octanol–water partition coefficient (Wildman–Crippen LogP) is 3.16. The maximum atomic E-state index is 11.9. The topological polar surface area (TPSA) is 17.1 Å². The summed E-state index contributed by atoms with van der Waals surface area (Å²) < 4.78 is 24.1. The normalized spacial score (nSPS) is 10.8. The average molecular weight is 211 g/mol. The molecule has 0 unspecified atom stereocenters. The Morgan fingerprint density at radius 2 is 2.25 bits per heavy atom. The van der Waals surface area contributed by atoms with Crippen molar-refractivity contribution in [2.45, 2.75) is 13.3 Å². The fourth-order valence-corrected chi connectivity index (χ4v) is 1.83. The van der Waals surface area contributed by atoms with Crippen LogP contribution in [-0.4, -0.2) is 12.2 Å². The molecule has 1 nitrogen and oxygen atoms in total. The number of hydrogen-bond donors (Lipinski definition) is 0. The Hall–Kier alpha value is -0.480. The summed E-state index contributed by atoms with van der Waals surface area (Å²) in [6.45, 7) is 1.67. The molecule has 0 aromatic carbocycles. The van der Waals surface area contributed by atoms with Crippen LogP contribution in [0.5, 0.6) is 0 Å². The number of aryl methyl sites for hydroxylation is 1. The number of thiophene rings is 1. The maximum Gasteiger partial charge on any atom is 0.301 e. The number of carbonyl (C=O) groups excluding carboxylic acids is 1. The number of alkyl halides is 2. The van der Waals surface area contributed by atoms with Crippen LogP contribution in [-0.2, 0) is 0 Å². The highest BCUT2D eigenvalue weighted by atomic mass is 35.5. The van der Waals surface area contributed by atoms with Crippen molar-refractivity contribution in [3.63, 3.8) is 0 Å². The summed E-state index contributed by atoms with van der Waals surface area (Å²) in [6.07, 6.45) is -2.95. The maximum absolute atomic E-state index is 11.9. The average Bonchev–Trinajstić information content (AvgIpc) is 2.30. The fourth-order valence-electron chi connectivity index (χ4n) is 0.689. The fraction of sp³-hybridized carbons (Fsp3) is 0.286. The second-order valence-corrected chi connectivity index (χ2v) is 3.89. The molecular weight excluding hydrogens is 206 g/mol. The standard InChI is InChI=1S/C7H5ClF2OS/c1-3-2-4(12-6(3)8)5(11)7(9)10/h2,7H,1H3. The van der Waals surface area contributed by atoms with Gasteiger partial charge in [-0.3, -0.25) is 4.79 Å². The first-order valence-electron chi connectivity index (χ1n) is 3.10. The molecule has 0 amide bonds. The lowest BCUT2D eigenvalue weighted by Crippen LogP contribution is -2.07. The molecule has 0 spiro atoms. The second-order valence-electron chi connectivity index (χ2n) is 2.23. The molecule has 0 aliphatic carbocycles. The van der Waals surface area contributed by atoms with Crippen molar-refractivity contribution in [3.8, 4) is 0 Å². The molecule has 0 radical (unpaired) electrons. The van der Waals surface area contributed by atoms with E-state index in [1.165, 1.54) is 6.07 Å². The number of hydrogen-bond acceptors (Lipinski definition) is 2. The van der Waals surface area contributed by atoms with Gasteiger partial charge >= 0.3 is 6.43 Å². The third-order valence-electron chi connectivity index (χ3n) is 1.30. The molecular formula is C7H5ClF2OS. The van der Waals surface area contributed by atoms with Gasteiger partial charge in [0, 0.05) is 0 Å². The molecule has 0 fully saturated rings. The monoisotopic (exact) mass is 210 g/mol. The van der Waals surface area contributed by atoms with Crippen molar-refractivity contribution in [1.29, 1.82) is 0 Å². The molecule has 5 heteroatoms. The smallest absolute Gasteiger partial charge is 0.287 e. The molecule has 0 N–H and O–H groups in total. The van der Waals surface area contributed by atoms with Gasteiger partial charge in [0.15, 0.2) is 0 Å². The van der Waals surface area contributed by atoms with Crippen LogP contribution >= 0.6 is 22.9 Å². The summed E-state index contributed by atoms with van der Waals surface area (Å²) >= 11 is 6.49. The molecule has 66 valence electrons. The molecule has 1 aromatic rings. The Morgan fingerprint density at radius 3 is 2.58 bits per heavy atom. The number of Topliss-reactive ketones (excluding diaryl/α,β-unsaturated/α-hetero) is 1. The third-order valence-corrected chi connectivity index (χ3v) is 2.87. The zero-order chi connectivity index (χ0) is 9.30. The Labute approximate surface area is 77.0 Å². The first kappa shape index (κ1) is 9.61. The molecule has 0 saturated carbocycles. The van der Waals surface area contributed by atoms with Crippen molar-refractivity contribution >= 4 is 28.7 Å². The number of rotatable bonds is 2.